The molecule has 2 heterocycles. The van der Waals surface area contributed by atoms with Gasteiger partial charge in [0.2, 0.25) is 0 Å². The van der Waals surface area contributed by atoms with Gasteiger partial charge in [-0.3, -0.25) is 0 Å². The third-order valence-electron chi connectivity index (χ3n) is 13.2. The van der Waals surface area contributed by atoms with Crippen molar-refractivity contribution in [3.05, 3.63) is 202 Å². The van der Waals surface area contributed by atoms with E-state index in [0.29, 0.717) is 26.4 Å². The average molecular weight is 867 g/mol. The Morgan fingerprint density at radius 1 is 0.452 bits per heavy atom. The van der Waals surface area contributed by atoms with Gasteiger partial charge < -0.3 is 27.1 Å². The van der Waals surface area contributed by atoms with Gasteiger partial charge in [-0.15, -0.1) is 0 Å². The van der Waals surface area contributed by atoms with Crippen LogP contribution in [0.3, 0.4) is 0 Å². The molecule has 8 rings (SSSR count). The van der Waals surface area contributed by atoms with Crippen molar-refractivity contribution >= 4 is 17.2 Å². The van der Waals surface area contributed by atoms with E-state index < -0.39 is 22.6 Å². The van der Waals surface area contributed by atoms with Gasteiger partial charge >= 0.3 is 17.2 Å². The summed E-state index contributed by atoms with van der Waals surface area (Å²) in [4.78, 5) is 0. The van der Waals surface area contributed by atoms with Gasteiger partial charge in [-0.05, 0) is 51.9 Å². The average Bonchev–Trinajstić information content (AvgIpc) is 3.60. The van der Waals surface area contributed by atoms with Crippen LogP contribution in [0.2, 0.25) is 0 Å². The molecule has 1 aliphatic carbocycles. The zero-order valence-electron chi connectivity index (χ0n) is 37.4. The molecule has 0 aromatic heterocycles. The van der Waals surface area contributed by atoms with E-state index in [-0.39, 0.29) is 21.7 Å². The van der Waals surface area contributed by atoms with Crippen LogP contribution in [0, 0.1) is 5.41 Å². The van der Waals surface area contributed by atoms with Crippen LogP contribution in [-0.4, -0.2) is 26.4 Å². The summed E-state index contributed by atoms with van der Waals surface area (Å²) in [7, 11) is -3.35. The molecule has 5 aromatic rings. The molecule has 2 saturated heterocycles. The maximum Gasteiger partial charge on any atom is 0.397 e. The molecule has 0 radical (unpaired) electrons. The van der Waals surface area contributed by atoms with Gasteiger partial charge in [-0.1, -0.05) is 201 Å². The highest BCUT2D eigenvalue weighted by Gasteiger charge is 2.46. The van der Waals surface area contributed by atoms with E-state index in [4.69, 9.17) is 27.1 Å². The van der Waals surface area contributed by atoms with Crippen molar-refractivity contribution < 1.29 is 27.1 Å². The van der Waals surface area contributed by atoms with Crippen molar-refractivity contribution in [2.75, 3.05) is 26.4 Å². The van der Waals surface area contributed by atoms with Gasteiger partial charge in [0, 0.05) is 32.8 Å². The van der Waals surface area contributed by atoms with Crippen molar-refractivity contribution in [3.8, 4) is 11.5 Å². The van der Waals surface area contributed by atoms with Crippen LogP contribution in [-0.2, 0) is 39.8 Å². The minimum Gasteiger partial charge on any atom is -0.426 e. The molecule has 0 saturated carbocycles. The lowest BCUT2D eigenvalue weighted by atomic mass is 9.72. The molecular weight excluding hydrogens is 807 g/mol. The van der Waals surface area contributed by atoms with Crippen LogP contribution in [0.25, 0.3) is 0 Å². The lowest BCUT2D eigenvalue weighted by Gasteiger charge is -2.42. The molecule has 2 fully saturated rings. The number of hydrogen-bond acceptors (Lipinski definition) is 6. The van der Waals surface area contributed by atoms with Gasteiger partial charge in [-0.2, -0.15) is 0 Å². The van der Waals surface area contributed by atoms with Gasteiger partial charge in [0.1, 0.15) is 11.5 Å². The third-order valence-corrected chi connectivity index (χ3v) is 15.2. The second-order valence-corrected chi connectivity index (χ2v) is 21.2. The minimum absolute atomic E-state index is 0.219. The Bertz CT molecular complexity index is 2400. The van der Waals surface area contributed by atoms with E-state index in [9.17, 15) is 0 Å². The molecule has 6 nitrogen and oxygen atoms in total. The Morgan fingerprint density at radius 2 is 0.855 bits per heavy atom. The van der Waals surface area contributed by atoms with Crippen molar-refractivity contribution in [3.63, 3.8) is 0 Å². The van der Waals surface area contributed by atoms with Crippen molar-refractivity contribution in [2.45, 2.75) is 83.5 Å². The fourth-order valence-electron chi connectivity index (χ4n) is 8.53. The fraction of sp³-hybridized carbons (Fsp3) is 0.333. The highest BCUT2D eigenvalue weighted by Crippen LogP contribution is 2.55. The summed E-state index contributed by atoms with van der Waals surface area (Å²) in [5, 5.41) is 0. The van der Waals surface area contributed by atoms with E-state index in [1.807, 2.05) is 0 Å². The first kappa shape index (κ1) is 44.2. The Kier molecular flexibility index (Phi) is 12.8. The van der Waals surface area contributed by atoms with E-state index >= 15 is 0 Å². The largest absolute Gasteiger partial charge is 0.426 e. The van der Waals surface area contributed by atoms with Crippen LogP contribution in [0.15, 0.2) is 163 Å². The predicted octanol–water partition coefficient (Wildman–Crippen LogP) is 14.4. The van der Waals surface area contributed by atoms with E-state index in [0.717, 1.165) is 29.0 Å². The maximum absolute atomic E-state index is 6.69. The molecule has 2 aliphatic heterocycles. The number of rotatable bonds is 12. The zero-order valence-corrected chi connectivity index (χ0v) is 39.2. The molecule has 3 aliphatic rings. The molecule has 0 N–H and O–H groups in total. The third kappa shape index (κ3) is 9.16. The van der Waals surface area contributed by atoms with Crippen molar-refractivity contribution in [1.82, 2.24) is 0 Å². The molecule has 62 heavy (non-hydrogen) atoms. The molecule has 8 heteroatoms. The SMILES string of the molecule is CC(C)(C1=CC=CCC=C1)c1cc(C(C)(C)c2ccccc2)ccc1OP1OCC2(CO1)COP(Oc1ccc(C(C)(C)c3ccccc3)cc1C(C)(C)c1ccccc1)OC2. The monoisotopic (exact) mass is 866 g/mol. The highest BCUT2D eigenvalue weighted by atomic mass is 31.2. The van der Waals surface area contributed by atoms with Crippen molar-refractivity contribution in [1.29, 1.82) is 0 Å². The zero-order chi connectivity index (χ0) is 43.6. The topological polar surface area (TPSA) is 55.4 Å². The second-order valence-electron chi connectivity index (χ2n) is 18.9. The van der Waals surface area contributed by atoms with Gasteiger partial charge in [0.05, 0.1) is 31.8 Å². The number of benzene rings is 5. The first-order valence-corrected chi connectivity index (χ1v) is 23.9. The van der Waals surface area contributed by atoms with Crippen LogP contribution in [0.4, 0.5) is 0 Å². The van der Waals surface area contributed by atoms with Gasteiger partial charge in [-0.25, -0.2) is 0 Å². The van der Waals surface area contributed by atoms with Crippen LogP contribution in [0.5, 0.6) is 11.5 Å². The highest BCUT2D eigenvalue weighted by molar-refractivity contribution is 7.42. The van der Waals surface area contributed by atoms with E-state index in [2.05, 4.69) is 213 Å². The van der Waals surface area contributed by atoms with Crippen LogP contribution in [0.1, 0.15) is 101 Å². The number of hydrogen-bond donors (Lipinski definition) is 0. The summed E-state index contributed by atoms with van der Waals surface area (Å²) in [6.07, 6.45) is 11.9. The Hall–Kier alpha value is -4.38. The molecule has 0 amide bonds. The first-order chi connectivity index (χ1) is 29.7. The molecule has 322 valence electrons. The maximum atomic E-state index is 6.69. The molecule has 0 unspecified atom stereocenters. The second kappa shape index (κ2) is 18.0. The molecular formula is C54H60O6P2. The summed E-state index contributed by atoms with van der Waals surface area (Å²) in [6.45, 7) is 19.6. The Morgan fingerprint density at radius 3 is 1.29 bits per heavy atom. The van der Waals surface area contributed by atoms with Gasteiger partial charge in [0.25, 0.3) is 0 Å². The smallest absolute Gasteiger partial charge is 0.397 e. The number of allylic oxidation sites excluding steroid dienone is 6. The van der Waals surface area contributed by atoms with Crippen molar-refractivity contribution in [2.24, 2.45) is 5.41 Å². The predicted molar refractivity (Wildman–Crippen MR) is 254 cm³/mol. The molecule has 0 bridgehead atoms. The van der Waals surface area contributed by atoms with Crippen LogP contribution < -0.4 is 9.05 Å². The summed E-state index contributed by atoms with van der Waals surface area (Å²) < 4.78 is 39.0. The minimum atomic E-state index is -1.68. The summed E-state index contributed by atoms with van der Waals surface area (Å²) in [5.74, 6) is 1.51. The van der Waals surface area contributed by atoms with E-state index in [1.54, 1.807) is 0 Å². The molecule has 1 spiro atoms. The quantitative estimate of drug-likeness (QED) is 0.116. The Balaban J connectivity index is 0.974. The Labute approximate surface area is 372 Å². The fourth-order valence-corrected chi connectivity index (χ4v) is 11.0. The standard InChI is InChI=1S/C54H60O6P2/c1-50(2,40-22-16-11-17-23-40)44-30-32-48(46(34-44)52(5,6)42-26-14-9-10-15-27-42)59-61-55-36-54(37-56-61)38-57-62(58-39-54)60-49-33-31-45(51(3,4)41-24-18-12-19-25-41)35-47(49)53(7,8)43-28-20-13-21-29-43/h9,11-35H,10,36-39H2,1-8H3. The normalized spacial score (nSPS) is 21.0. The summed E-state index contributed by atoms with van der Waals surface area (Å²) in [6, 6.07) is 45.0. The summed E-state index contributed by atoms with van der Waals surface area (Å²) >= 11 is 0. The first-order valence-electron chi connectivity index (χ1n) is 21.7. The molecule has 5 aromatic carbocycles. The summed E-state index contributed by atoms with van der Waals surface area (Å²) in [5.41, 5.74) is 7.85. The lowest BCUT2D eigenvalue weighted by Crippen LogP contribution is -2.45. The van der Waals surface area contributed by atoms with Gasteiger partial charge in [0.15, 0.2) is 0 Å². The van der Waals surface area contributed by atoms with Crippen LogP contribution >= 0.6 is 17.2 Å². The molecule has 0 atom stereocenters. The van der Waals surface area contributed by atoms with E-state index in [1.165, 1.54) is 33.4 Å². The lowest BCUT2D eigenvalue weighted by molar-refractivity contribution is -0.0673.